The highest BCUT2D eigenvalue weighted by Gasteiger charge is 2.31. The Kier molecular flexibility index (Phi) is 7.80. The third-order valence-corrected chi connectivity index (χ3v) is 4.61. The molecular weight excluding hydrogens is 464 g/mol. The second-order valence-electron chi connectivity index (χ2n) is 7.66. The number of nitrogens with one attached hydrogen (secondary N) is 2. The molecule has 3 aromatic rings. The maximum Gasteiger partial charge on any atom is 0.417 e. The molecule has 0 radical (unpaired) electrons. The molecule has 182 valence electrons. The van der Waals surface area contributed by atoms with Gasteiger partial charge in [0.25, 0.3) is 0 Å². The van der Waals surface area contributed by atoms with Crippen LogP contribution in [0.5, 0.6) is 0 Å². The number of benzene rings is 1. The van der Waals surface area contributed by atoms with E-state index in [0.717, 1.165) is 12.3 Å². The number of carbonyl (C=O) groups excluding carboxylic acids is 1. The summed E-state index contributed by atoms with van der Waals surface area (Å²) in [5.41, 5.74) is 0.689. The van der Waals surface area contributed by atoms with E-state index < -0.39 is 23.5 Å². The Labute approximate surface area is 199 Å². The van der Waals surface area contributed by atoms with Crippen molar-refractivity contribution in [3.05, 3.63) is 90.5 Å². The van der Waals surface area contributed by atoms with Gasteiger partial charge in [-0.2, -0.15) is 13.2 Å². The molecule has 0 fully saturated rings. The number of carbonyl (C=O) groups is 1. The summed E-state index contributed by atoms with van der Waals surface area (Å²) in [5.74, 6) is -0.996. The number of anilines is 2. The van der Waals surface area contributed by atoms with E-state index in [-0.39, 0.29) is 17.7 Å². The molecule has 1 aromatic carbocycles. The fraction of sp³-hybridized carbons (Fsp3) is 0.167. The average molecular weight is 486 g/mol. The highest BCUT2D eigenvalue weighted by Crippen LogP contribution is 2.30. The van der Waals surface area contributed by atoms with Gasteiger partial charge in [0.05, 0.1) is 29.6 Å². The predicted molar refractivity (Wildman–Crippen MR) is 125 cm³/mol. The van der Waals surface area contributed by atoms with Crippen LogP contribution in [0.2, 0.25) is 0 Å². The van der Waals surface area contributed by atoms with Gasteiger partial charge < -0.3 is 15.5 Å². The average Bonchev–Trinajstić information content (AvgIpc) is 2.80. The molecule has 2 aromatic heterocycles. The summed E-state index contributed by atoms with van der Waals surface area (Å²) < 4.78 is 53.1. The molecule has 0 atom stereocenters. The molecular formula is C24H22F4N6O. The van der Waals surface area contributed by atoms with Gasteiger partial charge in [0.2, 0.25) is 11.9 Å². The minimum absolute atomic E-state index is 0.0786. The summed E-state index contributed by atoms with van der Waals surface area (Å²) in [4.78, 5) is 26.0. The molecule has 7 nitrogen and oxygen atoms in total. The van der Waals surface area contributed by atoms with Crippen molar-refractivity contribution >= 4 is 17.5 Å². The normalized spacial score (nSPS) is 11.7. The fourth-order valence-electron chi connectivity index (χ4n) is 3.00. The van der Waals surface area contributed by atoms with E-state index in [1.165, 1.54) is 24.5 Å². The smallest absolute Gasteiger partial charge is 0.382 e. The van der Waals surface area contributed by atoms with Crippen molar-refractivity contribution in [3.63, 3.8) is 0 Å². The maximum absolute atomic E-state index is 14.7. The second kappa shape index (κ2) is 10.8. The molecule has 11 heteroatoms. The van der Waals surface area contributed by atoms with Crippen molar-refractivity contribution in [2.75, 3.05) is 24.7 Å². The van der Waals surface area contributed by atoms with Crippen LogP contribution < -0.4 is 10.6 Å². The zero-order valence-electron chi connectivity index (χ0n) is 18.9. The number of amides is 1. The van der Waals surface area contributed by atoms with Gasteiger partial charge >= 0.3 is 6.18 Å². The van der Waals surface area contributed by atoms with E-state index in [1.807, 2.05) is 19.0 Å². The lowest BCUT2D eigenvalue weighted by molar-refractivity contribution is -0.137. The molecule has 0 aliphatic carbocycles. The van der Waals surface area contributed by atoms with Crippen LogP contribution in [0.1, 0.15) is 11.1 Å². The third-order valence-electron chi connectivity index (χ3n) is 4.61. The largest absolute Gasteiger partial charge is 0.417 e. The Balaban J connectivity index is 1.67. The van der Waals surface area contributed by atoms with E-state index in [2.05, 4.69) is 32.2 Å². The van der Waals surface area contributed by atoms with Crippen molar-refractivity contribution in [1.29, 1.82) is 0 Å². The lowest BCUT2D eigenvalue weighted by Crippen LogP contribution is -2.16. The molecule has 3 rings (SSSR count). The number of rotatable bonds is 8. The predicted octanol–water partition coefficient (Wildman–Crippen LogP) is 4.88. The highest BCUT2D eigenvalue weighted by atomic mass is 19.4. The Morgan fingerprint density at radius 3 is 2.37 bits per heavy atom. The molecule has 0 spiro atoms. The SMILES string of the molecule is C=C/C(=C\N(C)C)Nc1ncc(-c2ccc(CC(=O)Nc3cncc(C(F)(F)F)c3)c(F)c2)cn1. The van der Waals surface area contributed by atoms with Crippen molar-refractivity contribution in [2.45, 2.75) is 12.6 Å². The van der Waals surface area contributed by atoms with E-state index in [0.29, 0.717) is 29.0 Å². The van der Waals surface area contributed by atoms with Gasteiger partial charge in [0.15, 0.2) is 0 Å². The van der Waals surface area contributed by atoms with Gasteiger partial charge in [-0.15, -0.1) is 0 Å². The maximum atomic E-state index is 14.7. The van der Waals surface area contributed by atoms with Crippen LogP contribution in [-0.4, -0.2) is 39.9 Å². The minimum atomic E-state index is -4.59. The van der Waals surface area contributed by atoms with Crippen LogP contribution in [0, 0.1) is 5.82 Å². The van der Waals surface area contributed by atoms with Crippen LogP contribution in [-0.2, 0) is 17.4 Å². The Hall–Kier alpha value is -4.28. The molecule has 0 aliphatic heterocycles. The van der Waals surface area contributed by atoms with Gasteiger partial charge in [0, 0.05) is 44.4 Å². The number of aromatic nitrogens is 3. The molecule has 2 N–H and O–H groups in total. The first-order chi connectivity index (χ1) is 16.5. The summed E-state index contributed by atoms with van der Waals surface area (Å²) in [5, 5.41) is 5.31. The second-order valence-corrected chi connectivity index (χ2v) is 7.66. The van der Waals surface area contributed by atoms with Crippen molar-refractivity contribution < 1.29 is 22.4 Å². The lowest BCUT2D eigenvalue weighted by atomic mass is 10.0. The number of hydrogen-bond acceptors (Lipinski definition) is 6. The Bertz CT molecular complexity index is 1240. The highest BCUT2D eigenvalue weighted by molar-refractivity contribution is 5.92. The van der Waals surface area contributed by atoms with E-state index >= 15 is 0 Å². The minimum Gasteiger partial charge on any atom is -0.382 e. The van der Waals surface area contributed by atoms with Gasteiger partial charge in [-0.1, -0.05) is 18.7 Å². The summed E-state index contributed by atoms with van der Waals surface area (Å²) in [7, 11) is 3.72. The standard InChI is InChI=1S/C24H22F4N6O/c1-4-19(14-34(2)3)33-23-30-10-17(11-31-23)15-5-6-16(21(25)7-15)8-22(35)32-20-9-18(12-29-13-20)24(26,27)28/h4-7,9-14H,1,8H2,2-3H3,(H,32,35)(H,30,31,33)/b19-14+. The quantitative estimate of drug-likeness (QED) is 0.349. The summed E-state index contributed by atoms with van der Waals surface area (Å²) in [6, 6.07) is 5.03. The molecule has 0 aliphatic rings. The fourth-order valence-corrected chi connectivity index (χ4v) is 3.00. The Morgan fingerprint density at radius 1 is 1.06 bits per heavy atom. The van der Waals surface area contributed by atoms with Crippen molar-refractivity contribution in [3.8, 4) is 11.1 Å². The number of hydrogen-bond donors (Lipinski definition) is 2. The van der Waals surface area contributed by atoms with E-state index in [9.17, 15) is 22.4 Å². The molecule has 0 bridgehead atoms. The molecule has 0 unspecified atom stereocenters. The zero-order valence-corrected chi connectivity index (χ0v) is 18.9. The topological polar surface area (TPSA) is 83.0 Å². The first-order valence-corrected chi connectivity index (χ1v) is 10.3. The lowest BCUT2D eigenvalue weighted by Gasteiger charge is -2.11. The summed E-state index contributed by atoms with van der Waals surface area (Å²) in [6.45, 7) is 3.72. The van der Waals surface area contributed by atoms with Gasteiger partial charge in [-0.3, -0.25) is 9.78 Å². The number of nitrogens with zero attached hydrogens (tertiary/aromatic N) is 4. The number of allylic oxidation sites excluding steroid dienone is 1. The Morgan fingerprint density at radius 2 is 1.77 bits per heavy atom. The molecule has 35 heavy (non-hydrogen) atoms. The van der Waals surface area contributed by atoms with Crippen LogP contribution in [0.15, 0.2) is 73.6 Å². The van der Waals surface area contributed by atoms with Crippen LogP contribution in [0.25, 0.3) is 11.1 Å². The molecule has 0 saturated carbocycles. The van der Waals surface area contributed by atoms with Crippen LogP contribution >= 0.6 is 0 Å². The number of pyridine rings is 1. The van der Waals surface area contributed by atoms with E-state index in [4.69, 9.17) is 0 Å². The number of alkyl halides is 3. The molecule has 1 amide bonds. The van der Waals surface area contributed by atoms with Gasteiger partial charge in [-0.05, 0) is 29.3 Å². The first kappa shape index (κ1) is 25.3. The van der Waals surface area contributed by atoms with Crippen molar-refractivity contribution in [1.82, 2.24) is 19.9 Å². The van der Waals surface area contributed by atoms with Gasteiger partial charge in [0.1, 0.15) is 5.82 Å². The molecule has 2 heterocycles. The number of halogens is 4. The summed E-state index contributed by atoms with van der Waals surface area (Å²) >= 11 is 0. The first-order valence-electron chi connectivity index (χ1n) is 10.3. The van der Waals surface area contributed by atoms with Gasteiger partial charge in [-0.25, -0.2) is 14.4 Å². The zero-order chi connectivity index (χ0) is 25.6. The monoisotopic (exact) mass is 486 g/mol. The van der Waals surface area contributed by atoms with Crippen LogP contribution in [0.3, 0.4) is 0 Å². The third kappa shape index (κ3) is 7.10. The summed E-state index contributed by atoms with van der Waals surface area (Å²) in [6.07, 6.45) is 3.23. The van der Waals surface area contributed by atoms with E-state index in [1.54, 1.807) is 18.3 Å². The van der Waals surface area contributed by atoms with Crippen molar-refractivity contribution in [2.24, 2.45) is 0 Å². The van der Waals surface area contributed by atoms with Crippen LogP contribution in [0.4, 0.5) is 29.2 Å². The molecule has 0 saturated heterocycles.